The number of hydrogen-bond donors (Lipinski definition) is 1. The van der Waals surface area contributed by atoms with Gasteiger partial charge in [-0.3, -0.25) is 4.79 Å². The van der Waals surface area contributed by atoms with Gasteiger partial charge in [0.25, 0.3) is 5.91 Å². The molecular formula is C30H29Cl2N5OS. The Morgan fingerprint density at radius 3 is 2.41 bits per heavy atom. The van der Waals surface area contributed by atoms with Crippen molar-refractivity contribution in [3.63, 3.8) is 0 Å². The van der Waals surface area contributed by atoms with Crippen LogP contribution in [0.15, 0.2) is 78.0 Å². The topological polar surface area (TPSA) is 61.4 Å². The van der Waals surface area contributed by atoms with Gasteiger partial charge in [-0.2, -0.15) is 0 Å². The van der Waals surface area contributed by atoms with Gasteiger partial charge in [-0.05, 0) is 73.0 Å². The van der Waals surface area contributed by atoms with Crippen molar-refractivity contribution in [1.29, 1.82) is 0 Å². The molecule has 9 heteroatoms. The van der Waals surface area contributed by atoms with Gasteiger partial charge in [-0.25, -0.2) is 9.97 Å². The van der Waals surface area contributed by atoms with Gasteiger partial charge in [0.05, 0.1) is 0 Å². The predicted octanol–water partition coefficient (Wildman–Crippen LogP) is 7.27. The largest absolute Gasteiger partial charge is 0.368 e. The van der Waals surface area contributed by atoms with Crippen LogP contribution in [0.4, 0.5) is 17.2 Å². The number of rotatable bonds is 7. The third-order valence-electron chi connectivity index (χ3n) is 6.76. The molecule has 0 saturated carbocycles. The summed E-state index contributed by atoms with van der Waals surface area (Å²) in [6.45, 7) is 7.46. The standard InChI is InChI=1S/C30H29Cl2N5OS/c1-20-9-10-25(15-21(20)2)33-29(38)23-6-3-5-22(16-23)19-39-30-34-27(32)18-28(35-30)37-13-11-36(12-14-37)26-8-4-7-24(31)17-26/h3-10,15-18H,11-14,19H2,1-2H3,(H,33,38). The van der Waals surface area contributed by atoms with E-state index in [2.05, 4.69) is 33.1 Å². The fourth-order valence-electron chi connectivity index (χ4n) is 4.45. The first-order valence-electron chi connectivity index (χ1n) is 12.7. The number of aryl methyl sites for hydroxylation is 2. The Morgan fingerprint density at radius 2 is 1.64 bits per heavy atom. The van der Waals surface area contributed by atoms with E-state index in [0.29, 0.717) is 21.6 Å². The minimum absolute atomic E-state index is 0.136. The van der Waals surface area contributed by atoms with Crippen molar-refractivity contribution in [2.75, 3.05) is 41.3 Å². The molecule has 0 aliphatic carbocycles. The number of benzene rings is 3. The van der Waals surface area contributed by atoms with Gasteiger partial charge < -0.3 is 15.1 Å². The van der Waals surface area contributed by atoms with Crippen molar-refractivity contribution < 1.29 is 4.79 Å². The maximum absolute atomic E-state index is 12.9. The number of amides is 1. The van der Waals surface area contributed by atoms with E-state index in [0.717, 1.165) is 59.5 Å². The highest BCUT2D eigenvalue weighted by molar-refractivity contribution is 7.98. The number of aromatic nitrogens is 2. The van der Waals surface area contributed by atoms with E-state index < -0.39 is 0 Å². The Hall–Kier alpha value is -3.26. The molecular weight excluding hydrogens is 549 g/mol. The lowest BCUT2D eigenvalue weighted by molar-refractivity contribution is 0.102. The van der Waals surface area contributed by atoms with Crippen LogP contribution in [0.2, 0.25) is 10.2 Å². The summed E-state index contributed by atoms with van der Waals surface area (Å²) >= 11 is 14.1. The summed E-state index contributed by atoms with van der Waals surface area (Å²) in [6.07, 6.45) is 0. The molecule has 6 nitrogen and oxygen atoms in total. The third-order valence-corrected chi connectivity index (χ3v) is 8.11. The molecule has 1 aliphatic heterocycles. The molecule has 39 heavy (non-hydrogen) atoms. The molecule has 2 heterocycles. The van der Waals surface area contributed by atoms with Crippen LogP contribution in [0.25, 0.3) is 0 Å². The zero-order valence-corrected chi connectivity index (χ0v) is 24.2. The molecule has 200 valence electrons. The van der Waals surface area contributed by atoms with Crippen LogP contribution in [0.3, 0.4) is 0 Å². The molecule has 1 N–H and O–H groups in total. The van der Waals surface area contributed by atoms with Crippen LogP contribution in [0.1, 0.15) is 27.0 Å². The summed E-state index contributed by atoms with van der Waals surface area (Å²) < 4.78 is 0. The molecule has 1 amide bonds. The molecule has 1 fully saturated rings. The fourth-order valence-corrected chi connectivity index (χ4v) is 5.66. The van der Waals surface area contributed by atoms with Crippen LogP contribution in [-0.4, -0.2) is 42.1 Å². The maximum atomic E-state index is 12.9. The number of nitrogens with one attached hydrogen (secondary N) is 1. The Kier molecular flexibility index (Phi) is 8.60. The molecule has 1 aromatic heterocycles. The predicted molar refractivity (Wildman–Crippen MR) is 163 cm³/mol. The summed E-state index contributed by atoms with van der Waals surface area (Å²) in [5.74, 6) is 1.31. The summed E-state index contributed by atoms with van der Waals surface area (Å²) in [7, 11) is 0. The fraction of sp³-hybridized carbons (Fsp3) is 0.233. The minimum Gasteiger partial charge on any atom is -0.368 e. The molecule has 5 rings (SSSR count). The van der Waals surface area contributed by atoms with E-state index in [-0.39, 0.29) is 5.91 Å². The number of piperazine rings is 1. The quantitative estimate of drug-likeness (QED) is 0.141. The zero-order valence-electron chi connectivity index (χ0n) is 21.8. The summed E-state index contributed by atoms with van der Waals surface area (Å²) in [5, 5.41) is 4.76. The van der Waals surface area contributed by atoms with E-state index in [1.807, 2.05) is 73.7 Å². The van der Waals surface area contributed by atoms with Gasteiger partial charge in [0.1, 0.15) is 11.0 Å². The average Bonchev–Trinajstić information content (AvgIpc) is 2.94. The molecule has 3 aromatic carbocycles. The summed E-state index contributed by atoms with van der Waals surface area (Å²) in [6, 6.07) is 23.3. The van der Waals surface area contributed by atoms with Crippen molar-refractivity contribution >= 4 is 58.1 Å². The maximum Gasteiger partial charge on any atom is 0.255 e. The Bertz CT molecular complexity index is 1490. The van der Waals surface area contributed by atoms with Gasteiger partial charge in [-0.1, -0.05) is 59.2 Å². The lowest BCUT2D eigenvalue weighted by Crippen LogP contribution is -2.46. The lowest BCUT2D eigenvalue weighted by atomic mass is 10.1. The highest BCUT2D eigenvalue weighted by Gasteiger charge is 2.20. The van der Waals surface area contributed by atoms with E-state index in [9.17, 15) is 4.79 Å². The van der Waals surface area contributed by atoms with Gasteiger partial charge in [0.2, 0.25) is 0 Å². The molecule has 4 aromatic rings. The van der Waals surface area contributed by atoms with Crippen LogP contribution < -0.4 is 15.1 Å². The third kappa shape index (κ3) is 7.04. The second-order valence-electron chi connectivity index (χ2n) is 9.53. The van der Waals surface area contributed by atoms with E-state index in [1.165, 1.54) is 17.3 Å². The highest BCUT2D eigenvalue weighted by atomic mass is 35.5. The Morgan fingerprint density at radius 1 is 0.872 bits per heavy atom. The number of carbonyl (C=O) groups is 1. The second-order valence-corrected chi connectivity index (χ2v) is 11.3. The molecule has 0 radical (unpaired) electrons. The summed E-state index contributed by atoms with van der Waals surface area (Å²) in [5.41, 5.74) is 5.87. The monoisotopic (exact) mass is 577 g/mol. The van der Waals surface area contributed by atoms with E-state index >= 15 is 0 Å². The number of halogens is 2. The first-order valence-corrected chi connectivity index (χ1v) is 14.5. The number of hydrogen-bond acceptors (Lipinski definition) is 6. The first-order chi connectivity index (χ1) is 18.8. The van der Waals surface area contributed by atoms with Crippen LogP contribution in [0.5, 0.6) is 0 Å². The molecule has 0 atom stereocenters. The zero-order chi connectivity index (χ0) is 27.4. The van der Waals surface area contributed by atoms with Crippen LogP contribution in [-0.2, 0) is 5.75 Å². The van der Waals surface area contributed by atoms with Crippen molar-refractivity contribution in [2.45, 2.75) is 24.8 Å². The van der Waals surface area contributed by atoms with Crippen LogP contribution >= 0.6 is 35.0 Å². The molecule has 0 spiro atoms. The van der Waals surface area contributed by atoms with Crippen molar-refractivity contribution in [1.82, 2.24) is 9.97 Å². The van der Waals surface area contributed by atoms with Gasteiger partial charge in [0, 0.05) is 60.0 Å². The number of carbonyl (C=O) groups excluding carboxylic acids is 1. The van der Waals surface area contributed by atoms with Gasteiger partial charge in [-0.15, -0.1) is 0 Å². The number of anilines is 3. The summed E-state index contributed by atoms with van der Waals surface area (Å²) in [4.78, 5) is 26.6. The highest BCUT2D eigenvalue weighted by Crippen LogP contribution is 2.27. The van der Waals surface area contributed by atoms with Crippen molar-refractivity contribution in [3.8, 4) is 0 Å². The number of thioether (sulfide) groups is 1. The number of nitrogens with zero attached hydrogens (tertiary/aromatic N) is 4. The first kappa shape index (κ1) is 27.3. The molecule has 0 bridgehead atoms. The van der Waals surface area contributed by atoms with Crippen LogP contribution in [0, 0.1) is 13.8 Å². The SMILES string of the molecule is Cc1ccc(NC(=O)c2cccc(CSc3nc(Cl)cc(N4CCN(c5cccc(Cl)c5)CC4)n3)c2)cc1C. The Labute approximate surface area is 243 Å². The minimum atomic E-state index is -0.136. The normalized spacial score (nSPS) is 13.4. The lowest BCUT2D eigenvalue weighted by Gasteiger charge is -2.36. The average molecular weight is 579 g/mol. The molecule has 0 unspecified atom stereocenters. The second kappa shape index (κ2) is 12.3. The Balaban J connectivity index is 1.21. The van der Waals surface area contributed by atoms with Crippen molar-refractivity contribution in [2.24, 2.45) is 0 Å². The van der Waals surface area contributed by atoms with E-state index in [1.54, 1.807) is 0 Å². The van der Waals surface area contributed by atoms with E-state index in [4.69, 9.17) is 28.2 Å². The molecule has 1 aliphatic rings. The molecule has 1 saturated heterocycles. The van der Waals surface area contributed by atoms with Gasteiger partial charge >= 0.3 is 0 Å². The van der Waals surface area contributed by atoms with Crippen molar-refractivity contribution in [3.05, 3.63) is 105 Å². The van der Waals surface area contributed by atoms with Gasteiger partial charge in [0.15, 0.2) is 5.16 Å². The smallest absolute Gasteiger partial charge is 0.255 e.